The van der Waals surface area contributed by atoms with E-state index in [2.05, 4.69) is 4.98 Å². The molecule has 17 heavy (non-hydrogen) atoms. The lowest BCUT2D eigenvalue weighted by atomic mass is 10.3. The lowest BCUT2D eigenvalue weighted by Crippen LogP contribution is -2.12. The molecule has 0 aromatic carbocycles. The Morgan fingerprint density at radius 1 is 1.53 bits per heavy atom. The zero-order valence-corrected chi connectivity index (χ0v) is 9.46. The Bertz CT molecular complexity index is 520. The predicted molar refractivity (Wildman–Crippen MR) is 63.9 cm³/mol. The van der Waals surface area contributed by atoms with Gasteiger partial charge in [0.2, 0.25) is 0 Å². The molecule has 0 bridgehead atoms. The van der Waals surface area contributed by atoms with Crippen LogP contribution in [0.4, 0.5) is 5.69 Å². The third-order valence-electron chi connectivity index (χ3n) is 2.31. The normalized spacial score (nSPS) is 10.2. The van der Waals surface area contributed by atoms with Crippen LogP contribution < -0.4 is 5.73 Å². The first kappa shape index (κ1) is 11.2. The third-order valence-corrected chi connectivity index (χ3v) is 2.31. The average molecular weight is 231 g/mol. The summed E-state index contributed by atoms with van der Waals surface area (Å²) in [4.78, 5) is 15.8. The van der Waals surface area contributed by atoms with Gasteiger partial charge in [-0.2, -0.15) is 0 Å². The molecule has 2 aromatic rings. The number of nitrogens with zero attached hydrogens (tertiary/aromatic N) is 2. The number of rotatable bonds is 3. The van der Waals surface area contributed by atoms with Crippen LogP contribution in [0, 0.1) is 0 Å². The number of aromatic nitrogens is 2. The van der Waals surface area contributed by atoms with Gasteiger partial charge in [-0.25, -0.2) is 4.79 Å². The van der Waals surface area contributed by atoms with Crippen molar-refractivity contribution in [3.63, 3.8) is 0 Å². The number of pyridine rings is 1. The van der Waals surface area contributed by atoms with Crippen molar-refractivity contribution < 1.29 is 9.53 Å². The van der Waals surface area contributed by atoms with Gasteiger partial charge in [-0.1, -0.05) is 0 Å². The molecule has 0 aliphatic rings. The first-order valence-corrected chi connectivity index (χ1v) is 5.28. The van der Waals surface area contributed by atoms with Gasteiger partial charge in [0.15, 0.2) is 5.69 Å². The molecule has 0 fully saturated rings. The number of nitrogen functional groups attached to an aromatic ring is 1. The highest BCUT2D eigenvalue weighted by molar-refractivity contribution is 5.94. The summed E-state index contributed by atoms with van der Waals surface area (Å²) in [5, 5.41) is 0. The minimum absolute atomic E-state index is 0.316. The summed E-state index contributed by atoms with van der Waals surface area (Å²) in [6.45, 7) is 2.07. The number of anilines is 1. The zero-order valence-electron chi connectivity index (χ0n) is 9.46. The minimum atomic E-state index is -0.432. The molecule has 0 saturated carbocycles. The van der Waals surface area contributed by atoms with E-state index in [0.29, 0.717) is 18.0 Å². The van der Waals surface area contributed by atoms with Crippen molar-refractivity contribution in [2.45, 2.75) is 6.92 Å². The Morgan fingerprint density at radius 2 is 2.35 bits per heavy atom. The van der Waals surface area contributed by atoms with Gasteiger partial charge in [0.25, 0.3) is 0 Å². The Labute approximate surface area is 98.8 Å². The molecule has 2 heterocycles. The van der Waals surface area contributed by atoms with Crippen LogP contribution in [0.2, 0.25) is 0 Å². The number of ether oxygens (including phenoxy) is 1. The molecule has 2 rings (SSSR count). The minimum Gasteiger partial charge on any atom is -0.461 e. The first-order valence-electron chi connectivity index (χ1n) is 5.28. The van der Waals surface area contributed by atoms with Gasteiger partial charge >= 0.3 is 5.97 Å². The van der Waals surface area contributed by atoms with Crippen LogP contribution in [0.15, 0.2) is 36.8 Å². The van der Waals surface area contributed by atoms with E-state index < -0.39 is 5.97 Å². The van der Waals surface area contributed by atoms with E-state index in [1.807, 2.05) is 6.07 Å². The number of hydrogen-bond acceptors (Lipinski definition) is 4. The summed E-state index contributed by atoms with van der Waals surface area (Å²) >= 11 is 0. The maximum atomic E-state index is 11.8. The second-order valence-corrected chi connectivity index (χ2v) is 3.42. The zero-order chi connectivity index (χ0) is 12.3. The maximum Gasteiger partial charge on any atom is 0.357 e. The third kappa shape index (κ3) is 2.13. The summed E-state index contributed by atoms with van der Waals surface area (Å²) in [5.74, 6) is -0.432. The topological polar surface area (TPSA) is 70.1 Å². The molecule has 5 nitrogen and oxygen atoms in total. The van der Waals surface area contributed by atoms with Crippen molar-refractivity contribution >= 4 is 11.7 Å². The quantitative estimate of drug-likeness (QED) is 0.815. The molecular weight excluding hydrogens is 218 g/mol. The number of hydrogen-bond donors (Lipinski definition) is 1. The van der Waals surface area contributed by atoms with Crippen LogP contribution in [0.3, 0.4) is 0 Å². The molecule has 0 unspecified atom stereocenters. The molecule has 0 amide bonds. The van der Waals surface area contributed by atoms with Gasteiger partial charge in [0.1, 0.15) is 0 Å². The monoisotopic (exact) mass is 231 g/mol. The second kappa shape index (κ2) is 4.69. The fourth-order valence-electron chi connectivity index (χ4n) is 1.57. The first-order chi connectivity index (χ1) is 8.24. The Morgan fingerprint density at radius 3 is 3.00 bits per heavy atom. The standard InChI is InChI=1S/C12H13N3O2/c1-2-17-12(16)11-10(13)5-7-15(11)9-4-3-6-14-8-9/h3-8H,2,13H2,1H3. The van der Waals surface area contributed by atoms with Crippen molar-refractivity contribution in [1.29, 1.82) is 0 Å². The molecule has 0 aliphatic heterocycles. The predicted octanol–water partition coefficient (Wildman–Crippen LogP) is 1.63. The number of nitrogens with two attached hydrogens (primary N) is 1. The van der Waals surface area contributed by atoms with Crippen molar-refractivity contribution in [3.05, 3.63) is 42.5 Å². The van der Waals surface area contributed by atoms with E-state index in [1.54, 1.807) is 42.2 Å². The largest absolute Gasteiger partial charge is 0.461 e. The molecular formula is C12H13N3O2. The molecule has 2 N–H and O–H groups in total. The molecule has 0 saturated heterocycles. The van der Waals surface area contributed by atoms with Crippen LogP contribution in [-0.2, 0) is 4.74 Å². The molecule has 5 heteroatoms. The van der Waals surface area contributed by atoms with Gasteiger partial charge in [-0.3, -0.25) is 4.98 Å². The Hall–Kier alpha value is -2.30. The number of carbonyl (C=O) groups is 1. The molecule has 0 atom stereocenters. The summed E-state index contributed by atoms with van der Waals surface area (Å²) in [6.07, 6.45) is 5.04. The van der Waals surface area contributed by atoms with Gasteiger partial charge in [0.05, 0.1) is 24.2 Å². The van der Waals surface area contributed by atoms with E-state index in [9.17, 15) is 4.79 Å². The van der Waals surface area contributed by atoms with Gasteiger partial charge in [-0.05, 0) is 25.1 Å². The van der Waals surface area contributed by atoms with Crippen molar-refractivity contribution in [2.75, 3.05) is 12.3 Å². The highest BCUT2D eigenvalue weighted by Gasteiger charge is 2.17. The van der Waals surface area contributed by atoms with E-state index >= 15 is 0 Å². The summed E-state index contributed by atoms with van der Waals surface area (Å²) in [5.41, 5.74) is 7.27. The molecule has 88 valence electrons. The highest BCUT2D eigenvalue weighted by atomic mass is 16.5. The van der Waals surface area contributed by atoms with E-state index in [4.69, 9.17) is 10.5 Å². The lowest BCUT2D eigenvalue weighted by molar-refractivity contribution is 0.0518. The smallest absolute Gasteiger partial charge is 0.357 e. The Balaban J connectivity index is 2.46. The Kier molecular flexibility index (Phi) is 3.09. The maximum absolute atomic E-state index is 11.8. The molecule has 0 aliphatic carbocycles. The fraction of sp³-hybridized carbons (Fsp3) is 0.167. The number of carbonyl (C=O) groups excluding carboxylic acids is 1. The van der Waals surface area contributed by atoms with Crippen LogP contribution in [0.1, 0.15) is 17.4 Å². The van der Waals surface area contributed by atoms with Crippen molar-refractivity contribution in [2.24, 2.45) is 0 Å². The van der Waals surface area contributed by atoms with Crippen LogP contribution >= 0.6 is 0 Å². The SMILES string of the molecule is CCOC(=O)c1c(N)ccn1-c1cccnc1. The van der Waals surface area contributed by atoms with Gasteiger partial charge < -0.3 is 15.0 Å². The summed E-state index contributed by atoms with van der Waals surface area (Å²) < 4.78 is 6.64. The molecule has 2 aromatic heterocycles. The molecule has 0 radical (unpaired) electrons. The summed E-state index contributed by atoms with van der Waals surface area (Å²) in [6, 6.07) is 5.30. The van der Waals surface area contributed by atoms with E-state index in [0.717, 1.165) is 5.69 Å². The van der Waals surface area contributed by atoms with Crippen molar-refractivity contribution in [1.82, 2.24) is 9.55 Å². The average Bonchev–Trinajstić information content (AvgIpc) is 2.73. The van der Waals surface area contributed by atoms with Crippen molar-refractivity contribution in [3.8, 4) is 5.69 Å². The van der Waals surface area contributed by atoms with Crippen LogP contribution in [0.5, 0.6) is 0 Å². The van der Waals surface area contributed by atoms with Gasteiger partial charge in [0, 0.05) is 12.4 Å². The summed E-state index contributed by atoms with van der Waals surface area (Å²) in [7, 11) is 0. The fourth-order valence-corrected chi connectivity index (χ4v) is 1.57. The van der Waals surface area contributed by atoms with Gasteiger partial charge in [-0.15, -0.1) is 0 Å². The van der Waals surface area contributed by atoms with Crippen LogP contribution in [-0.4, -0.2) is 22.1 Å². The highest BCUT2D eigenvalue weighted by Crippen LogP contribution is 2.19. The van der Waals surface area contributed by atoms with E-state index in [-0.39, 0.29) is 0 Å². The number of esters is 1. The lowest BCUT2D eigenvalue weighted by Gasteiger charge is -2.08. The van der Waals surface area contributed by atoms with E-state index in [1.165, 1.54) is 0 Å². The second-order valence-electron chi connectivity index (χ2n) is 3.42. The van der Waals surface area contributed by atoms with Crippen LogP contribution in [0.25, 0.3) is 5.69 Å². The molecule has 0 spiro atoms.